The first-order valence-corrected chi connectivity index (χ1v) is 6.36. The Morgan fingerprint density at radius 1 is 1.32 bits per heavy atom. The molecule has 1 heterocycles. The van der Waals surface area contributed by atoms with Gasteiger partial charge in [-0.15, -0.1) is 0 Å². The number of benzene rings is 1. The molecule has 0 fully saturated rings. The van der Waals surface area contributed by atoms with E-state index in [2.05, 4.69) is 12.2 Å². The zero-order valence-corrected chi connectivity index (χ0v) is 10.9. The highest BCUT2D eigenvalue weighted by atomic mass is 16.3. The van der Waals surface area contributed by atoms with E-state index >= 15 is 0 Å². The predicted molar refractivity (Wildman–Crippen MR) is 74.7 cm³/mol. The molecule has 1 aromatic heterocycles. The zero-order valence-electron chi connectivity index (χ0n) is 10.9. The van der Waals surface area contributed by atoms with Crippen LogP contribution < -0.4 is 11.1 Å². The number of anilines is 1. The summed E-state index contributed by atoms with van der Waals surface area (Å²) in [4.78, 5) is 10.8. The number of nitrogens with two attached hydrogens (primary N) is 1. The Kier molecular flexibility index (Phi) is 4.23. The van der Waals surface area contributed by atoms with Gasteiger partial charge in [-0.2, -0.15) is 0 Å². The number of furan rings is 1. The minimum atomic E-state index is -0.317. The van der Waals surface area contributed by atoms with E-state index in [0.717, 1.165) is 23.4 Å². The molecule has 0 aliphatic carbocycles. The standard InChI is InChI=1S/C15H18N2O2/c1-2-13(14-4-3-9-19-14)17-12-7-5-11(6-8-12)10-15(16)18/h3-9,13,17H,2,10H2,1H3,(H2,16,18). The number of nitrogens with one attached hydrogen (secondary N) is 1. The van der Waals surface area contributed by atoms with E-state index < -0.39 is 0 Å². The van der Waals surface area contributed by atoms with Crippen LogP contribution >= 0.6 is 0 Å². The van der Waals surface area contributed by atoms with Crippen LogP contribution in [0.25, 0.3) is 0 Å². The third-order valence-electron chi connectivity index (χ3n) is 2.97. The molecule has 0 saturated carbocycles. The van der Waals surface area contributed by atoms with Gasteiger partial charge in [0.1, 0.15) is 5.76 Å². The summed E-state index contributed by atoms with van der Waals surface area (Å²) in [5, 5.41) is 3.40. The predicted octanol–water partition coefficient (Wildman–Crippen LogP) is 2.87. The third kappa shape index (κ3) is 3.61. The lowest BCUT2D eigenvalue weighted by molar-refractivity contribution is -0.117. The van der Waals surface area contributed by atoms with Gasteiger partial charge in [-0.3, -0.25) is 4.79 Å². The summed E-state index contributed by atoms with van der Waals surface area (Å²) in [6.45, 7) is 2.10. The quantitative estimate of drug-likeness (QED) is 0.837. The fraction of sp³-hybridized carbons (Fsp3) is 0.267. The number of hydrogen-bond donors (Lipinski definition) is 2. The Labute approximate surface area is 112 Å². The lowest BCUT2D eigenvalue weighted by atomic mass is 10.1. The molecular formula is C15H18N2O2. The van der Waals surface area contributed by atoms with Crippen molar-refractivity contribution in [3.63, 3.8) is 0 Å². The van der Waals surface area contributed by atoms with Gasteiger partial charge in [0.05, 0.1) is 18.7 Å². The topological polar surface area (TPSA) is 68.3 Å². The molecule has 100 valence electrons. The number of amides is 1. The molecule has 2 aromatic rings. The lowest BCUT2D eigenvalue weighted by Gasteiger charge is -2.16. The van der Waals surface area contributed by atoms with Crippen LogP contribution in [-0.2, 0) is 11.2 Å². The number of carbonyl (C=O) groups excluding carboxylic acids is 1. The van der Waals surface area contributed by atoms with Gasteiger partial charge in [-0.1, -0.05) is 19.1 Å². The van der Waals surface area contributed by atoms with Crippen molar-refractivity contribution in [3.8, 4) is 0 Å². The van der Waals surface area contributed by atoms with E-state index in [1.165, 1.54) is 0 Å². The van der Waals surface area contributed by atoms with Crippen molar-refractivity contribution in [2.45, 2.75) is 25.8 Å². The molecule has 19 heavy (non-hydrogen) atoms. The number of primary amides is 1. The second-order valence-corrected chi connectivity index (χ2v) is 4.46. The summed E-state index contributed by atoms with van der Waals surface area (Å²) in [7, 11) is 0. The molecule has 0 bridgehead atoms. The Morgan fingerprint density at radius 2 is 2.05 bits per heavy atom. The third-order valence-corrected chi connectivity index (χ3v) is 2.97. The molecule has 1 atom stereocenters. The first kappa shape index (κ1) is 13.2. The van der Waals surface area contributed by atoms with Crippen LogP contribution in [0.15, 0.2) is 47.1 Å². The maximum Gasteiger partial charge on any atom is 0.221 e. The highest BCUT2D eigenvalue weighted by molar-refractivity contribution is 5.76. The largest absolute Gasteiger partial charge is 0.467 e. The molecule has 1 aromatic carbocycles. The van der Waals surface area contributed by atoms with Crippen molar-refractivity contribution in [1.29, 1.82) is 0 Å². The van der Waals surface area contributed by atoms with Crippen LogP contribution in [0, 0.1) is 0 Å². The molecule has 0 saturated heterocycles. The van der Waals surface area contributed by atoms with E-state index in [4.69, 9.17) is 10.2 Å². The highest BCUT2D eigenvalue weighted by Crippen LogP contribution is 2.23. The van der Waals surface area contributed by atoms with Crippen LogP contribution in [0.1, 0.15) is 30.7 Å². The SMILES string of the molecule is CCC(Nc1ccc(CC(N)=O)cc1)c1ccco1. The Hall–Kier alpha value is -2.23. The Balaban J connectivity index is 2.04. The number of carbonyl (C=O) groups is 1. The zero-order chi connectivity index (χ0) is 13.7. The summed E-state index contributed by atoms with van der Waals surface area (Å²) >= 11 is 0. The normalized spacial score (nSPS) is 12.1. The summed E-state index contributed by atoms with van der Waals surface area (Å²) in [5.74, 6) is 0.603. The summed E-state index contributed by atoms with van der Waals surface area (Å²) in [6.07, 6.45) is 2.88. The van der Waals surface area contributed by atoms with Gasteiger partial charge in [0, 0.05) is 5.69 Å². The van der Waals surface area contributed by atoms with Gasteiger partial charge in [0.15, 0.2) is 0 Å². The van der Waals surface area contributed by atoms with Crippen molar-refractivity contribution in [3.05, 3.63) is 54.0 Å². The second kappa shape index (κ2) is 6.09. The van der Waals surface area contributed by atoms with Gasteiger partial charge in [0.25, 0.3) is 0 Å². The molecule has 0 aliphatic rings. The first-order chi connectivity index (χ1) is 9.19. The number of rotatable bonds is 6. The maximum absolute atomic E-state index is 10.8. The van der Waals surface area contributed by atoms with Crippen LogP contribution in [0.3, 0.4) is 0 Å². The van der Waals surface area contributed by atoms with Gasteiger partial charge in [0.2, 0.25) is 5.91 Å². The van der Waals surface area contributed by atoms with Crippen molar-refractivity contribution < 1.29 is 9.21 Å². The minimum Gasteiger partial charge on any atom is -0.467 e. The first-order valence-electron chi connectivity index (χ1n) is 6.36. The monoisotopic (exact) mass is 258 g/mol. The Morgan fingerprint density at radius 3 is 2.58 bits per heavy atom. The van der Waals surface area contributed by atoms with Crippen LogP contribution in [0.4, 0.5) is 5.69 Å². The highest BCUT2D eigenvalue weighted by Gasteiger charge is 2.11. The van der Waals surface area contributed by atoms with Gasteiger partial charge < -0.3 is 15.5 Å². The fourth-order valence-corrected chi connectivity index (χ4v) is 1.99. The molecule has 1 amide bonds. The molecule has 2 rings (SSSR count). The van der Waals surface area contributed by atoms with E-state index in [-0.39, 0.29) is 18.4 Å². The summed E-state index contributed by atoms with van der Waals surface area (Å²) in [5.41, 5.74) is 7.08. The molecule has 4 heteroatoms. The molecular weight excluding hydrogens is 240 g/mol. The lowest BCUT2D eigenvalue weighted by Crippen LogP contribution is -2.13. The van der Waals surface area contributed by atoms with Crippen LogP contribution in [0.5, 0.6) is 0 Å². The van der Waals surface area contributed by atoms with Crippen molar-refractivity contribution in [1.82, 2.24) is 0 Å². The van der Waals surface area contributed by atoms with Crippen LogP contribution in [-0.4, -0.2) is 5.91 Å². The van der Waals surface area contributed by atoms with Gasteiger partial charge in [-0.25, -0.2) is 0 Å². The molecule has 0 aliphatic heterocycles. The average Bonchev–Trinajstić information content (AvgIpc) is 2.91. The minimum absolute atomic E-state index is 0.150. The second-order valence-electron chi connectivity index (χ2n) is 4.46. The van der Waals surface area contributed by atoms with Gasteiger partial charge >= 0.3 is 0 Å². The Bertz CT molecular complexity index is 518. The summed E-state index contributed by atoms with van der Waals surface area (Å²) in [6, 6.07) is 11.7. The van der Waals surface area contributed by atoms with E-state index in [0.29, 0.717) is 0 Å². The smallest absolute Gasteiger partial charge is 0.221 e. The van der Waals surface area contributed by atoms with Crippen molar-refractivity contribution >= 4 is 11.6 Å². The van der Waals surface area contributed by atoms with E-state index in [9.17, 15) is 4.79 Å². The fourth-order valence-electron chi connectivity index (χ4n) is 1.99. The molecule has 0 radical (unpaired) electrons. The maximum atomic E-state index is 10.8. The molecule has 3 N–H and O–H groups in total. The van der Waals surface area contributed by atoms with Gasteiger partial charge in [-0.05, 0) is 36.2 Å². The summed E-state index contributed by atoms with van der Waals surface area (Å²) < 4.78 is 5.41. The van der Waals surface area contributed by atoms with Crippen molar-refractivity contribution in [2.24, 2.45) is 5.73 Å². The van der Waals surface area contributed by atoms with Crippen molar-refractivity contribution in [2.75, 3.05) is 5.32 Å². The van der Waals surface area contributed by atoms with Crippen LogP contribution in [0.2, 0.25) is 0 Å². The van der Waals surface area contributed by atoms with E-state index in [1.54, 1.807) is 6.26 Å². The molecule has 1 unspecified atom stereocenters. The number of hydrogen-bond acceptors (Lipinski definition) is 3. The molecule has 4 nitrogen and oxygen atoms in total. The average molecular weight is 258 g/mol. The molecule has 0 spiro atoms. The van der Waals surface area contributed by atoms with E-state index in [1.807, 2.05) is 36.4 Å².